The molecule has 3 amide bonds. The molecule has 1 fully saturated rings. The van der Waals surface area contributed by atoms with Crippen LogP contribution in [0.1, 0.15) is 15.9 Å². The number of carbonyl (C=O) groups excluding carboxylic acids is 3. The average Bonchev–Trinajstić information content (AvgIpc) is 2.80. The Morgan fingerprint density at radius 1 is 1.27 bits per heavy atom. The van der Waals surface area contributed by atoms with Crippen molar-refractivity contribution in [2.75, 3.05) is 33.4 Å². The van der Waals surface area contributed by atoms with Crippen LogP contribution in [0.2, 0.25) is 0 Å². The van der Waals surface area contributed by atoms with Gasteiger partial charge in [0, 0.05) is 43.7 Å². The van der Waals surface area contributed by atoms with Crippen LogP contribution in [0.5, 0.6) is 0 Å². The van der Waals surface area contributed by atoms with E-state index in [0.717, 1.165) is 6.20 Å². The van der Waals surface area contributed by atoms with Crippen molar-refractivity contribution in [1.29, 1.82) is 5.41 Å². The number of alkyl halides is 3. The lowest BCUT2D eigenvalue weighted by atomic mass is 10.1. The number of halogens is 3. The van der Waals surface area contributed by atoms with Crippen LogP contribution in [0.4, 0.5) is 13.2 Å². The lowest BCUT2D eigenvalue weighted by Gasteiger charge is -2.35. The highest BCUT2D eigenvalue weighted by molar-refractivity contribution is 6.12. The summed E-state index contributed by atoms with van der Waals surface area (Å²) < 4.78 is 42.3. The van der Waals surface area contributed by atoms with E-state index in [1.807, 2.05) is 0 Å². The fraction of sp³-hybridized carbons (Fsp3) is 0.350. The molecule has 1 saturated heterocycles. The second-order valence-electron chi connectivity index (χ2n) is 6.85. The van der Waals surface area contributed by atoms with Gasteiger partial charge in [-0.3, -0.25) is 24.8 Å². The van der Waals surface area contributed by atoms with Crippen molar-refractivity contribution >= 4 is 29.8 Å². The molecule has 5 N–H and O–H groups in total. The number of nitrogens with one attached hydrogen (secondary N) is 3. The molecule has 13 heteroatoms. The highest BCUT2D eigenvalue weighted by atomic mass is 19.4. The van der Waals surface area contributed by atoms with Gasteiger partial charge in [-0.05, 0) is 12.1 Å². The van der Waals surface area contributed by atoms with Crippen LogP contribution >= 0.6 is 0 Å². The first-order valence-electron chi connectivity index (χ1n) is 9.66. The second kappa shape index (κ2) is 11.2. The lowest BCUT2D eigenvalue weighted by molar-refractivity contribution is -0.171. The third kappa shape index (κ3) is 6.87. The molecular weight excluding hydrogens is 445 g/mol. The Morgan fingerprint density at radius 3 is 2.48 bits per heavy atom. The van der Waals surface area contributed by atoms with Crippen LogP contribution in [0.15, 0.2) is 41.0 Å². The first-order valence-corrected chi connectivity index (χ1v) is 9.66. The number of hydrogen-bond acceptors (Lipinski definition) is 7. The van der Waals surface area contributed by atoms with Crippen molar-refractivity contribution in [3.8, 4) is 0 Å². The van der Waals surface area contributed by atoms with Gasteiger partial charge < -0.3 is 26.0 Å². The topological polar surface area (TPSA) is 150 Å². The molecule has 1 aromatic carbocycles. The molecule has 1 aliphatic heterocycles. The number of morpholine rings is 1. The highest BCUT2D eigenvalue weighted by Gasteiger charge is 2.39. The maximum absolute atomic E-state index is 12.7. The van der Waals surface area contributed by atoms with Crippen LogP contribution in [-0.2, 0) is 14.3 Å². The van der Waals surface area contributed by atoms with E-state index in [1.165, 1.54) is 47.7 Å². The van der Waals surface area contributed by atoms with E-state index < -0.39 is 29.9 Å². The van der Waals surface area contributed by atoms with E-state index in [0.29, 0.717) is 13.2 Å². The normalized spacial score (nSPS) is 17.0. The minimum atomic E-state index is -5.12. The molecule has 178 valence electrons. The minimum absolute atomic E-state index is 0.0136. The Labute approximate surface area is 187 Å². The predicted molar refractivity (Wildman–Crippen MR) is 113 cm³/mol. The van der Waals surface area contributed by atoms with Gasteiger partial charge in [0.1, 0.15) is 5.84 Å². The van der Waals surface area contributed by atoms with Crippen molar-refractivity contribution in [1.82, 2.24) is 15.5 Å². The predicted octanol–water partition coefficient (Wildman–Crippen LogP) is 0.191. The van der Waals surface area contributed by atoms with E-state index in [4.69, 9.17) is 15.9 Å². The number of hydrogen-bond donors (Lipinski definition) is 4. The van der Waals surface area contributed by atoms with E-state index in [9.17, 15) is 27.6 Å². The zero-order chi connectivity index (χ0) is 24.6. The van der Waals surface area contributed by atoms with Gasteiger partial charge in [-0.2, -0.15) is 13.2 Å². The number of nitrogens with two attached hydrogens (primary N) is 1. The van der Waals surface area contributed by atoms with E-state index >= 15 is 0 Å². The number of amides is 3. The van der Waals surface area contributed by atoms with E-state index in [1.54, 1.807) is 0 Å². The Balaban J connectivity index is 1.99. The molecule has 0 spiro atoms. The molecule has 10 nitrogen and oxygen atoms in total. The van der Waals surface area contributed by atoms with Crippen LogP contribution in [-0.4, -0.2) is 80.2 Å². The molecule has 0 aromatic heterocycles. The summed E-state index contributed by atoms with van der Waals surface area (Å²) in [5.41, 5.74) is 5.85. The van der Waals surface area contributed by atoms with Gasteiger partial charge in [0.15, 0.2) is 0 Å². The molecule has 1 unspecified atom stereocenters. The monoisotopic (exact) mass is 468 g/mol. The highest BCUT2D eigenvalue weighted by Crippen LogP contribution is 2.15. The van der Waals surface area contributed by atoms with E-state index in [-0.39, 0.29) is 35.8 Å². The second-order valence-corrected chi connectivity index (χ2v) is 6.85. The van der Waals surface area contributed by atoms with Gasteiger partial charge in [0.2, 0.25) is 0 Å². The molecule has 33 heavy (non-hydrogen) atoms. The first kappa shape index (κ1) is 25.5. The quantitative estimate of drug-likeness (QED) is 0.267. The Kier molecular flexibility index (Phi) is 8.68. The summed E-state index contributed by atoms with van der Waals surface area (Å²) in [5, 5.41) is 11.7. The summed E-state index contributed by atoms with van der Waals surface area (Å²) in [6.07, 6.45) is -2.63. The van der Waals surface area contributed by atoms with Crippen molar-refractivity contribution in [3.05, 3.63) is 47.2 Å². The first-order chi connectivity index (χ1) is 15.6. The number of ether oxygens (including phenoxy) is 1. The molecule has 1 atom stereocenters. The Bertz CT molecular complexity index is 960. The van der Waals surface area contributed by atoms with Gasteiger partial charge >= 0.3 is 12.1 Å². The maximum atomic E-state index is 12.7. The van der Waals surface area contributed by atoms with Gasteiger partial charge in [-0.1, -0.05) is 12.1 Å². The molecule has 1 heterocycles. The smallest absolute Gasteiger partial charge is 0.404 e. The van der Waals surface area contributed by atoms with Gasteiger partial charge in [0.05, 0.1) is 24.8 Å². The zero-order valence-corrected chi connectivity index (χ0v) is 17.6. The van der Waals surface area contributed by atoms with Crippen LogP contribution < -0.4 is 16.4 Å². The number of aliphatic imine (C=N–C) groups is 1. The number of carbonyl (C=O) groups is 3. The van der Waals surface area contributed by atoms with Crippen LogP contribution in [0.3, 0.4) is 0 Å². The van der Waals surface area contributed by atoms with Crippen LogP contribution in [0, 0.1) is 5.41 Å². The average molecular weight is 468 g/mol. The Morgan fingerprint density at radius 2 is 1.91 bits per heavy atom. The van der Waals surface area contributed by atoms with Crippen molar-refractivity contribution in [2.24, 2.45) is 10.7 Å². The molecule has 0 saturated carbocycles. The van der Waals surface area contributed by atoms with Crippen molar-refractivity contribution in [2.45, 2.75) is 12.2 Å². The minimum Gasteiger partial charge on any atom is -0.404 e. The summed E-state index contributed by atoms with van der Waals surface area (Å²) in [4.78, 5) is 41.4. The molecule has 0 aliphatic carbocycles. The maximum Gasteiger partial charge on any atom is 0.471 e. The largest absolute Gasteiger partial charge is 0.471 e. The zero-order valence-electron chi connectivity index (χ0n) is 17.6. The third-order valence-corrected chi connectivity index (χ3v) is 4.61. The SMILES string of the molecule is CN=CC(=CN)C(=O)N1CCOCC1CNC(=O)c1ccc(C(=N)NC(=O)C(F)(F)F)cc1. The number of nitrogens with zero attached hydrogens (tertiary/aromatic N) is 2. The summed E-state index contributed by atoms with van der Waals surface area (Å²) >= 11 is 0. The summed E-state index contributed by atoms with van der Waals surface area (Å²) in [6, 6.07) is 4.60. The van der Waals surface area contributed by atoms with E-state index in [2.05, 4.69) is 10.3 Å². The van der Waals surface area contributed by atoms with Crippen molar-refractivity contribution in [3.63, 3.8) is 0 Å². The lowest BCUT2D eigenvalue weighted by Crippen LogP contribution is -2.54. The van der Waals surface area contributed by atoms with Gasteiger partial charge in [0.25, 0.3) is 11.8 Å². The van der Waals surface area contributed by atoms with Crippen LogP contribution in [0.25, 0.3) is 0 Å². The third-order valence-electron chi connectivity index (χ3n) is 4.61. The number of rotatable bonds is 6. The standard InChI is InChI=1S/C20H23F3N6O4/c1-26-9-14(8-24)18(31)29-6-7-33-11-15(29)10-27-17(30)13-4-2-12(3-5-13)16(25)28-19(32)20(21,22)23/h2-5,8-9,15H,6-7,10-11,24H2,1H3,(H,27,30)(H2,25,28,32). The van der Waals surface area contributed by atoms with Gasteiger partial charge in [-0.15, -0.1) is 0 Å². The number of benzene rings is 1. The molecule has 1 aliphatic rings. The Hall–Kier alpha value is -3.74. The van der Waals surface area contributed by atoms with Gasteiger partial charge in [-0.25, -0.2) is 0 Å². The summed E-state index contributed by atoms with van der Waals surface area (Å²) in [7, 11) is 1.50. The molecular formula is C20H23F3N6O4. The summed E-state index contributed by atoms with van der Waals surface area (Å²) in [6.45, 7) is 0.900. The fourth-order valence-corrected chi connectivity index (χ4v) is 2.92. The molecule has 2 rings (SSSR count). The fourth-order valence-electron chi connectivity index (χ4n) is 2.92. The number of amidine groups is 1. The molecule has 0 bridgehead atoms. The molecule has 1 aromatic rings. The summed E-state index contributed by atoms with van der Waals surface area (Å²) in [5.74, 6) is -3.87. The van der Waals surface area contributed by atoms with Crippen molar-refractivity contribution < 1.29 is 32.3 Å². The molecule has 0 radical (unpaired) electrons.